The van der Waals surface area contributed by atoms with Crippen LogP contribution in [0, 0.1) is 5.92 Å². The Morgan fingerprint density at radius 3 is 2.00 bits per heavy atom. The SMILES string of the molecule is COc1ccc(OC)c(N(CC(=O)N(Cc2c(Cl)cccc2Cl)C(Cc2ccccc2)C(=O)NCC(C)C)S(=O)(=O)c2ccc(OC)c(OC)c2)c1. The average molecular weight is 773 g/mol. The minimum absolute atomic E-state index is 0.0181. The van der Waals surface area contributed by atoms with Gasteiger partial charge in [0.05, 0.1) is 39.0 Å². The number of hydrogen-bond donors (Lipinski definition) is 1. The monoisotopic (exact) mass is 771 g/mol. The Morgan fingerprint density at radius 2 is 1.40 bits per heavy atom. The number of hydrogen-bond acceptors (Lipinski definition) is 8. The quantitative estimate of drug-likeness (QED) is 0.127. The van der Waals surface area contributed by atoms with Gasteiger partial charge >= 0.3 is 0 Å². The van der Waals surface area contributed by atoms with Crippen LogP contribution in [-0.2, 0) is 32.6 Å². The molecule has 4 aromatic rings. The molecular formula is C38H43Cl2N3O8S. The Bertz CT molecular complexity index is 1940. The Balaban J connectivity index is 1.92. The molecule has 0 spiro atoms. The molecule has 0 aliphatic heterocycles. The van der Waals surface area contributed by atoms with Crippen LogP contribution in [-0.4, -0.2) is 72.7 Å². The topological polar surface area (TPSA) is 124 Å². The van der Waals surface area contributed by atoms with Crippen molar-refractivity contribution in [2.45, 2.75) is 37.8 Å². The predicted molar refractivity (Wildman–Crippen MR) is 202 cm³/mol. The summed E-state index contributed by atoms with van der Waals surface area (Å²) in [6.45, 7) is 3.29. The summed E-state index contributed by atoms with van der Waals surface area (Å²) in [5.74, 6) is -0.104. The smallest absolute Gasteiger partial charge is 0.265 e. The lowest BCUT2D eigenvalue weighted by Gasteiger charge is -2.34. The third-order valence-corrected chi connectivity index (χ3v) is 10.7. The lowest BCUT2D eigenvalue weighted by atomic mass is 10.0. The number of sulfonamides is 1. The molecule has 0 aliphatic carbocycles. The molecule has 2 amide bonds. The van der Waals surface area contributed by atoms with Gasteiger partial charge in [-0.2, -0.15) is 0 Å². The second-order valence-electron chi connectivity index (χ2n) is 12.1. The van der Waals surface area contributed by atoms with E-state index in [0.717, 1.165) is 9.87 Å². The number of amides is 2. The highest BCUT2D eigenvalue weighted by molar-refractivity contribution is 7.92. The van der Waals surface area contributed by atoms with Crippen LogP contribution in [0.3, 0.4) is 0 Å². The minimum atomic E-state index is -4.55. The van der Waals surface area contributed by atoms with E-state index in [2.05, 4.69) is 5.32 Å². The summed E-state index contributed by atoms with van der Waals surface area (Å²) in [6, 6.07) is 21.8. The second-order valence-corrected chi connectivity index (χ2v) is 14.8. The van der Waals surface area contributed by atoms with Crippen molar-refractivity contribution in [3.8, 4) is 23.0 Å². The molecule has 0 aromatic heterocycles. The normalized spacial score (nSPS) is 11.8. The molecule has 0 bridgehead atoms. The first-order valence-electron chi connectivity index (χ1n) is 16.3. The first-order chi connectivity index (χ1) is 24.8. The van der Waals surface area contributed by atoms with Crippen molar-refractivity contribution in [2.75, 3.05) is 45.8 Å². The zero-order valence-electron chi connectivity index (χ0n) is 29.9. The molecule has 1 unspecified atom stereocenters. The summed E-state index contributed by atoms with van der Waals surface area (Å²) in [7, 11) is 1.08. The molecule has 0 saturated carbocycles. The number of anilines is 1. The van der Waals surface area contributed by atoms with Crippen LogP contribution < -0.4 is 28.6 Å². The zero-order chi connectivity index (χ0) is 38.0. The van der Waals surface area contributed by atoms with E-state index in [-0.39, 0.29) is 51.0 Å². The molecule has 1 atom stereocenters. The van der Waals surface area contributed by atoms with E-state index in [9.17, 15) is 18.0 Å². The third kappa shape index (κ3) is 9.61. The molecule has 0 aliphatic rings. The van der Waals surface area contributed by atoms with E-state index >= 15 is 0 Å². The van der Waals surface area contributed by atoms with Crippen LogP contribution in [0.2, 0.25) is 10.0 Å². The standard InChI is InChI=1S/C38H43Cl2N3O8S/c1-25(2)22-41-38(45)33(19-26-11-8-7-9-12-26)42(23-29-30(39)13-10-14-31(29)40)37(44)24-43(32-20-27(48-3)15-17-34(32)49-4)52(46,47)28-16-18-35(50-5)36(21-28)51-6/h7-18,20-21,25,33H,19,22-24H2,1-6H3,(H,41,45). The van der Waals surface area contributed by atoms with Gasteiger partial charge in [0.2, 0.25) is 11.8 Å². The van der Waals surface area contributed by atoms with E-state index in [1.54, 1.807) is 24.3 Å². The summed E-state index contributed by atoms with van der Waals surface area (Å²) < 4.78 is 52.1. The van der Waals surface area contributed by atoms with Crippen LogP contribution in [0.25, 0.3) is 0 Å². The zero-order valence-corrected chi connectivity index (χ0v) is 32.2. The number of carbonyl (C=O) groups excluding carboxylic acids is 2. The molecule has 11 nitrogen and oxygen atoms in total. The fourth-order valence-electron chi connectivity index (χ4n) is 5.44. The second kappa shape index (κ2) is 18.2. The van der Waals surface area contributed by atoms with E-state index in [1.165, 1.54) is 63.7 Å². The van der Waals surface area contributed by atoms with Gasteiger partial charge in [0.15, 0.2) is 11.5 Å². The van der Waals surface area contributed by atoms with E-state index in [1.807, 2.05) is 44.2 Å². The van der Waals surface area contributed by atoms with Gasteiger partial charge in [-0.15, -0.1) is 0 Å². The fourth-order valence-corrected chi connectivity index (χ4v) is 7.39. The summed E-state index contributed by atoms with van der Waals surface area (Å²) in [5, 5.41) is 3.51. The summed E-state index contributed by atoms with van der Waals surface area (Å²) in [5.41, 5.74) is 1.19. The van der Waals surface area contributed by atoms with E-state index in [0.29, 0.717) is 23.6 Å². The number of methoxy groups -OCH3 is 4. The van der Waals surface area contributed by atoms with Crippen LogP contribution in [0.15, 0.2) is 89.8 Å². The molecule has 278 valence electrons. The highest BCUT2D eigenvalue weighted by Gasteiger charge is 2.36. The Morgan fingerprint density at radius 1 is 0.769 bits per heavy atom. The summed E-state index contributed by atoms with van der Waals surface area (Å²) in [6.07, 6.45) is 0.115. The van der Waals surface area contributed by atoms with Crippen molar-refractivity contribution in [1.29, 1.82) is 0 Å². The molecule has 0 fully saturated rings. The molecule has 4 rings (SSSR count). The van der Waals surface area contributed by atoms with Crippen LogP contribution in [0.4, 0.5) is 5.69 Å². The maximum atomic E-state index is 14.9. The van der Waals surface area contributed by atoms with Gasteiger partial charge in [-0.1, -0.05) is 73.4 Å². The first kappa shape index (κ1) is 40.1. The first-order valence-corrected chi connectivity index (χ1v) is 18.5. The van der Waals surface area contributed by atoms with Gasteiger partial charge in [-0.3, -0.25) is 13.9 Å². The van der Waals surface area contributed by atoms with Gasteiger partial charge < -0.3 is 29.2 Å². The van der Waals surface area contributed by atoms with Gasteiger partial charge in [-0.25, -0.2) is 8.42 Å². The Labute approximate surface area is 315 Å². The van der Waals surface area contributed by atoms with Gasteiger partial charge in [0.25, 0.3) is 10.0 Å². The largest absolute Gasteiger partial charge is 0.497 e. The van der Waals surface area contributed by atoms with Crippen molar-refractivity contribution in [2.24, 2.45) is 5.92 Å². The van der Waals surface area contributed by atoms with Crippen LogP contribution >= 0.6 is 23.2 Å². The maximum absolute atomic E-state index is 14.9. The number of rotatable bonds is 17. The summed E-state index contributed by atoms with van der Waals surface area (Å²) >= 11 is 13.2. The summed E-state index contributed by atoms with van der Waals surface area (Å²) in [4.78, 5) is 30.1. The molecule has 52 heavy (non-hydrogen) atoms. The predicted octanol–water partition coefficient (Wildman–Crippen LogP) is 6.64. The Kier molecular flexibility index (Phi) is 14.1. The van der Waals surface area contributed by atoms with Crippen molar-refractivity contribution in [3.63, 3.8) is 0 Å². The number of carbonyl (C=O) groups is 2. The van der Waals surface area contributed by atoms with Crippen molar-refractivity contribution < 1.29 is 37.0 Å². The van der Waals surface area contributed by atoms with Gasteiger partial charge in [0, 0.05) is 47.3 Å². The van der Waals surface area contributed by atoms with Gasteiger partial charge in [0.1, 0.15) is 24.1 Å². The lowest BCUT2D eigenvalue weighted by Crippen LogP contribution is -2.53. The number of nitrogens with one attached hydrogen (secondary N) is 1. The molecule has 1 N–H and O–H groups in total. The third-order valence-electron chi connectivity index (χ3n) is 8.22. The van der Waals surface area contributed by atoms with E-state index < -0.39 is 34.4 Å². The number of benzene rings is 4. The number of halogens is 2. The molecule has 0 heterocycles. The van der Waals surface area contributed by atoms with E-state index in [4.69, 9.17) is 42.1 Å². The number of nitrogens with zero attached hydrogens (tertiary/aromatic N) is 2. The minimum Gasteiger partial charge on any atom is -0.497 e. The molecular weight excluding hydrogens is 729 g/mol. The highest BCUT2D eigenvalue weighted by atomic mass is 35.5. The van der Waals surface area contributed by atoms with Crippen LogP contribution in [0.1, 0.15) is 25.0 Å². The molecule has 4 aromatic carbocycles. The molecule has 0 radical (unpaired) electrons. The highest BCUT2D eigenvalue weighted by Crippen LogP contribution is 2.38. The lowest BCUT2D eigenvalue weighted by molar-refractivity contribution is -0.140. The molecule has 14 heteroatoms. The van der Waals surface area contributed by atoms with Crippen molar-refractivity contribution in [1.82, 2.24) is 10.2 Å². The number of ether oxygens (including phenoxy) is 4. The van der Waals surface area contributed by atoms with Crippen LogP contribution in [0.5, 0.6) is 23.0 Å². The Hall–Kier alpha value is -4.65. The van der Waals surface area contributed by atoms with Crippen molar-refractivity contribution in [3.05, 3.63) is 106 Å². The van der Waals surface area contributed by atoms with Crippen molar-refractivity contribution >= 4 is 50.7 Å². The fraction of sp³-hybridized carbons (Fsp3) is 0.316. The molecule has 0 saturated heterocycles. The average Bonchev–Trinajstić information content (AvgIpc) is 3.14. The maximum Gasteiger partial charge on any atom is 0.265 e. The van der Waals surface area contributed by atoms with Gasteiger partial charge in [-0.05, 0) is 47.9 Å².